The van der Waals surface area contributed by atoms with E-state index in [1.54, 1.807) is 13.0 Å². The second-order valence-corrected chi connectivity index (χ2v) is 7.46. The van der Waals surface area contributed by atoms with Gasteiger partial charge in [-0.2, -0.15) is 0 Å². The standard InChI is InChI=1S/C16H22N6O3S/c1-3-11(15(24)18-13-8-9(2)25-21-13)26-16-20-19-14(7-6-12(17)23)22(16)10-4-5-10/h8,10-11H,3-7H2,1-2H3,(H2,17,23)(H,18,21,24). The fourth-order valence-electron chi connectivity index (χ4n) is 2.57. The molecule has 0 aliphatic heterocycles. The number of nitrogens with two attached hydrogens (primary N) is 1. The van der Waals surface area contributed by atoms with Gasteiger partial charge in [-0.05, 0) is 26.2 Å². The molecule has 1 unspecified atom stereocenters. The molecule has 9 nitrogen and oxygen atoms in total. The van der Waals surface area contributed by atoms with Gasteiger partial charge in [0.05, 0.1) is 5.25 Å². The number of aryl methyl sites for hydroxylation is 2. The number of carbonyl (C=O) groups is 2. The molecular weight excluding hydrogens is 356 g/mol. The Morgan fingerprint density at radius 2 is 2.23 bits per heavy atom. The molecule has 1 fully saturated rings. The zero-order valence-corrected chi connectivity index (χ0v) is 15.6. The lowest BCUT2D eigenvalue weighted by Gasteiger charge is -2.14. The summed E-state index contributed by atoms with van der Waals surface area (Å²) in [5.74, 6) is 1.26. The average Bonchev–Trinajstić information content (AvgIpc) is 3.23. The van der Waals surface area contributed by atoms with Crippen molar-refractivity contribution in [3.8, 4) is 0 Å². The summed E-state index contributed by atoms with van der Waals surface area (Å²) in [5.41, 5.74) is 5.24. The van der Waals surface area contributed by atoms with Gasteiger partial charge in [0, 0.05) is 24.9 Å². The summed E-state index contributed by atoms with van der Waals surface area (Å²) in [7, 11) is 0. The molecule has 0 saturated heterocycles. The lowest BCUT2D eigenvalue weighted by molar-refractivity contribution is -0.118. The van der Waals surface area contributed by atoms with E-state index in [0.717, 1.165) is 18.7 Å². The zero-order chi connectivity index (χ0) is 18.7. The van der Waals surface area contributed by atoms with Crippen LogP contribution in [0.1, 0.15) is 50.2 Å². The minimum absolute atomic E-state index is 0.158. The van der Waals surface area contributed by atoms with Gasteiger partial charge in [-0.3, -0.25) is 9.59 Å². The third-order valence-corrected chi connectivity index (χ3v) is 5.35. The molecule has 0 aromatic carbocycles. The number of hydrogen-bond acceptors (Lipinski definition) is 7. The van der Waals surface area contributed by atoms with E-state index in [1.807, 2.05) is 11.5 Å². The molecule has 2 amide bonds. The molecule has 0 radical (unpaired) electrons. The first-order valence-electron chi connectivity index (χ1n) is 8.60. The summed E-state index contributed by atoms with van der Waals surface area (Å²) in [4.78, 5) is 23.6. The molecule has 1 aliphatic rings. The molecule has 2 heterocycles. The second kappa shape index (κ2) is 7.90. The van der Waals surface area contributed by atoms with E-state index in [9.17, 15) is 9.59 Å². The predicted octanol–water partition coefficient (Wildman–Crippen LogP) is 1.84. The van der Waals surface area contributed by atoms with Gasteiger partial charge in [-0.1, -0.05) is 23.8 Å². The summed E-state index contributed by atoms with van der Waals surface area (Å²) < 4.78 is 7.02. The SMILES string of the molecule is CCC(Sc1nnc(CCC(N)=O)n1C1CC1)C(=O)Nc1cc(C)on1. The highest BCUT2D eigenvalue weighted by Crippen LogP contribution is 2.40. The average molecular weight is 378 g/mol. The zero-order valence-electron chi connectivity index (χ0n) is 14.8. The van der Waals surface area contributed by atoms with Crippen molar-refractivity contribution in [2.45, 2.75) is 62.4 Å². The van der Waals surface area contributed by atoms with Crippen LogP contribution in [-0.4, -0.2) is 37.0 Å². The number of amides is 2. The molecule has 1 saturated carbocycles. The maximum absolute atomic E-state index is 12.5. The van der Waals surface area contributed by atoms with Crippen LogP contribution in [0.3, 0.4) is 0 Å². The Balaban J connectivity index is 1.71. The van der Waals surface area contributed by atoms with Crippen LogP contribution < -0.4 is 11.1 Å². The quantitative estimate of drug-likeness (QED) is 0.637. The topological polar surface area (TPSA) is 129 Å². The first kappa shape index (κ1) is 18.4. The van der Waals surface area contributed by atoms with E-state index in [1.165, 1.54) is 11.8 Å². The first-order valence-corrected chi connectivity index (χ1v) is 9.48. The van der Waals surface area contributed by atoms with Crippen molar-refractivity contribution in [1.29, 1.82) is 0 Å². The number of hydrogen-bond donors (Lipinski definition) is 2. The molecular formula is C16H22N6O3S. The molecule has 2 aromatic rings. The Hall–Kier alpha value is -2.36. The van der Waals surface area contributed by atoms with Gasteiger partial charge in [0.25, 0.3) is 0 Å². The highest BCUT2D eigenvalue weighted by Gasteiger charge is 2.31. The second-order valence-electron chi connectivity index (χ2n) is 6.29. The lowest BCUT2D eigenvalue weighted by atomic mass is 10.3. The summed E-state index contributed by atoms with van der Waals surface area (Å²) in [6.45, 7) is 3.71. The molecule has 1 atom stereocenters. The molecule has 3 N–H and O–H groups in total. The Labute approximate surface area is 155 Å². The number of rotatable bonds is 9. The van der Waals surface area contributed by atoms with Crippen molar-refractivity contribution in [3.63, 3.8) is 0 Å². The van der Waals surface area contributed by atoms with Crippen LogP contribution >= 0.6 is 11.8 Å². The smallest absolute Gasteiger partial charge is 0.239 e. The van der Waals surface area contributed by atoms with Crippen molar-refractivity contribution in [1.82, 2.24) is 19.9 Å². The molecule has 10 heteroatoms. The van der Waals surface area contributed by atoms with Gasteiger partial charge in [0.1, 0.15) is 11.6 Å². The minimum atomic E-state index is -0.363. The van der Waals surface area contributed by atoms with Crippen LogP contribution in [0, 0.1) is 6.92 Å². The van der Waals surface area contributed by atoms with E-state index < -0.39 is 0 Å². The van der Waals surface area contributed by atoms with Gasteiger partial charge in [0.2, 0.25) is 11.8 Å². The number of nitrogens with zero attached hydrogens (tertiary/aromatic N) is 4. The summed E-state index contributed by atoms with van der Waals surface area (Å²) >= 11 is 1.38. The van der Waals surface area contributed by atoms with Crippen molar-refractivity contribution >= 4 is 29.4 Å². The van der Waals surface area contributed by atoms with E-state index in [0.29, 0.717) is 35.6 Å². The highest BCUT2D eigenvalue weighted by molar-refractivity contribution is 8.00. The van der Waals surface area contributed by atoms with Crippen molar-refractivity contribution in [2.75, 3.05) is 5.32 Å². The van der Waals surface area contributed by atoms with Crippen LogP contribution in [0.4, 0.5) is 5.82 Å². The molecule has 3 rings (SSSR count). The third kappa shape index (κ3) is 4.43. The van der Waals surface area contributed by atoms with Crippen molar-refractivity contribution < 1.29 is 14.1 Å². The van der Waals surface area contributed by atoms with Crippen molar-refractivity contribution in [3.05, 3.63) is 17.7 Å². The number of thioether (sulfide) groups is 1. The predicted molar refractivity (Wildman–Crippen MR) is 95.6 cm³/mol. The summed E-state index contributed by atoms with van der Waals surface area (Å²) in [6.07, 6.45) is 3.42. The van der Waals surface area contributed by atoms with Crippen LogP contribution in [-0.2, 0) is 16.0 Å². The Morgan fingerprint density at radius 1 is 1.46 bits per heavy atom. The molecule has 0 bridgehead atoms. The van der Waals surface area contributed by atoms with Crippen LogP contribution in [0.2, 0.25) is 0 Å². The van der Waals surface area contributed by atoms with Crippen LogP contribution in [0.15, 0.2) is 15.7 Å². The lowest BCUT2D eigenvalue weighted by Crippen LogP contribution is -2.25. The Morgan fingerprint density at radius 3 is 2.81 bits per heavy atom. The molecule has 140 valence electrons. The van der Waals surface area contributed by atoms with Gasteiger partial charge in [0.15, 0.2) is 11.0 Å². The number of anilines is 1. The largest absolute Gasteiger partial charge is 0.370 e. The number of primary amides is 1. The molecule has 1 aliphatic carbocycles. The van der Waals surface area contributed by atoms with E-state index in [2.05, 4.69) is 20.7 Å². The Bertz CT molecular complexity index is 798. The number of carbonyl (C=O) groups excluding carboxylic acids is 2. The maximum atomic E-state index is 12.5. The number of nitrogens with one attached hydrogen (secondary N) is 1. The first-order chi connectivity index (χ1) is 12.5. The van der Waals surface area contributed by atoms with E-state index in [-0.39, 0.29) is 23.5 Å². The fourth-order valence-corrected chi connectivity index (χ4v) is 3.62. The molecule has 26 heavy (non-hydrogen) atoms. The van der Waals surface area contributed by atoms with Gasteiger partial charge in [-0.25, -0.2) is 0 Å². The monoisotopic (exact) mass is 378 g/mol. The van der Waals surface area contributed by atoms with Crippen molar-refractivity contribution in [2.24, 2.45) is 5.73 Å². The van der Waals surface area contributed by atoms with E-state index in [4.69, 9.17) is 10.3 Å². The normalized spacial score (nSPS) is 15.0. The summed E-state index contributed by atoms with van der Waals surface area (Å²) in [5, 5.41) is 15.4. The van der Waals surface area contributed by atoms with Crippen LogP contribution in [0.5, 0.6) is 0 Å². The number of aromatic nitrogens is 4. The third-order valence-electron chi connectivity index (χ3n) is 4.03. The maximum Gasteiger partial charge on any atom is 0.239 e. The minimum Gasteiger partial charge on any atom is -0.370 e. The van der Waals surface area contributed by atoms with Gasteiger partial charge < -0.3 is 20.1 Å². The summed E-state index contributed by atoms with van der Waals surface area (Å²) in [6, 6.07) is 2.01. The fraction of sp³-hybridized carbons (Fsp3) is 0.562. The molecule has 0 spiro atoms. The van der Waals surface area contributed by atoms with Gasteiger partial charge >= 0.3 is 0 Å². The van der Waals surface area contributed by atoms with Gasteiger partial charge in [-0.15, -0.1) is 10.2 Å². The Kier molecular flexibility index (Phi) is 5.60. The highest BCUT2D eigenvalue weighted by atomic mass is 32.2. The van der Waals surface area contributed by atoms with Crippen LogP contribution in [0.25, 0.3) is 0 Å². The van der Waals surface area contributed by atoms with E-state index >= 15 is 0 Å². The molecule has 2 aromatic heterocycles.